The summed E-state index contributed by atoms with van der Waals surface area (Å²) in [5, 5.41) is 2.69. The maximum absolute atomic E-state index is 14.0. The number of nitrogens with zero attached hydrogens (tertiary/aromatic N) is 3. The van der Waals surface area contributed by atoms with E-state index in [2.05, 4.69) is 10.3 Å². The van der Waals surface area contributed by atoms with Gasteiger partial charge < -0.3 is 10.2 Å². The summed E-state index contributed by atoms with van der Waals surface area (Å²) in [6, 6.07) is 1.03. The molecule has 1 N–H and O–H groups in total. The summed E-state index contributed by atoms with van der Waals surface area (Å²) in [6.45, 7) is 1.18. The molecule has 7 nitrogen and oxygen atoms in total. The van der Waals surface area contributed by atoms with Crippen molar-refractivity contribution in [3.8, 4) is 0 Å². The van der Waals surface area contributed by atoms with Crippen LogP contribution in [0.25, 0.3) is 0 Å². The third-order valence-corrected chi connectivity index (χ3v) is 3.95. The van der Waals surface area contributed by atoms with Crippen molar-refractivity contribution in [3.05, 3.63) is 23.1 Å². The largest absolute Gasteiger partial charge is 0.337 e. The van der Waals surface area contributed by atoms with Crippen LogP contribution in [0.1, 0.15) is 6.92 Å². The van der Waals surface area contributed by atoms with Crippen molar-refractivity contribution in [2.24, 2.45) is 0 Å². The second-order valence-corrected chi connectivity index (χ2v) is 5.79. The lowest BCUT2D eigenvalue weighted by atomic mass is 9.86. The van der Waals surface area contributed by atoms with Gasteiger partial charge in [0.05, 0.1) is 18.1 Å². The number of halogens is 2. The zero-order valence-electron chi connectivity index (χ0n) is 11.6. The molecule has 2 fully saturated rings. The molecule has 0 bridgehead atoms. The quantitative estimate of drug-likeness (QED) is 0.783. The number of rotatable bonds is 1. The topological polar surface area (TPSA) is 82.6 Å². The molecule has 0 aromatic carbocycles. The lowest BCUT2D eigenvalue weighted by Crippen LogP contribution is -2.80. The summed E-state index contributed by atoms with van der Waals surface area (Å²) in [4.78, 5) is 42.0. The summed E-state index contributed by atoms with van der Waals surface area (Å²) >= 11 is 5.64. The molecule has 0 unspecified atom stereocenters. The average molecular weight is 327 g/mol. The number of carbonyl (C=O) groups is 3. The van der Waals surface area contributed by atoms with Crippen molar-refractivity contribution < 1.29 is 18.8 Å². The summed E-state index contributed by atoms with van der Waals surface area (Å²) in [5.41, 5.74) is -1.20. The Morgan fingerprint density at radius 1 is 1.45 bits per heavy atom. The van der Waals surface area contributed by atoms with Crippen LogP contribution in [0.5, 0.6) is 0 Å². The van der Waals surface area contributed by atoms with E-state index in [4.69, 9.17) is 11.6 Å². The first-order valence-corrected chi connectivity index (χ1v) is 6.90. The summed E-state index contributed by atoms with van der Waals surface area (Å²) in [6.07, 6.45) is 1.20. The SMILES string of the molecule is CC(=O)N1CC2(C1)NC(=O)CN(c1ncc(Cl)cc1F)C2=O. The molecule has 22 heavy (non-hydrogen) atoms. The molecule has 9 heteroatoms. The lowest BCUT2D eigenvalue weighted by Gasteiger charge is -2.52. The highest BCUT2D eigenvalue weighted by atomic mass is 35.5. The monoisotopic (exact) mass is 326 g/mol. The number of anilines is 1. The first-order chi connectivity index (χ1) is 10.3. The molecule has 2 aliphatic heterocycles. The molecule has 3 heterocycles. The van der Waals surface area contributed by atoms with E-state index in [1.54, 1.807) is 0 Å². The first-order valence-electron chi connectivity index (χ1n) is 6.52. The van der Waals surface area contributed by atoms with Gasteiger partial charge in [-0.3, -0.25) is 19.3 Å². The maximum Gasteiger partial charge on any atom is 0.258 e. The number of likely N-dealkylation sites (tertiary alicyclic amines) is 1. The van der Waals surface area contributed by atoms with Crippen LogP contribution in [-0.2, 0) is 14.4 Å². The lowest BCUT2D eigenvalue weighted by molar-refractivity contribution is -0.151. The zero-order valence-corrected chi connectivity index (χ0v) is 12.4. The second kappa shape index (κ2) is 4.91. The Morgan fingerprint density at radius 3 is 2.73 bits per heavy atom. The van der Waals surface area contributed by atoms with Gasteiger partial charge in [-0.25, -0.2) is 9.37 Å². The van der Waals surface area contributed by atoms with Crippen molar-refractivity contribution in [2.75, 3.05) is 24.5 Å². The van der Waals surface area contributed by atoms with Crippen LogP contribution in [0.2, 0.25) is 5.02 Å². The Bertz CT molecular complexity index is 690. The van der Waals surface area contributed by atoms with Crippen molar-refractivity contribution in [3.63, 3.8) is 0 Å². The minimum absolute atomic E-state index is 0.0681. The van der Waals surface area contributed by atoms with E-state index in [9.17, 15) is 18.8 Å². The van der Waals surface area contributed by atoms with Crippen LogP contribution in [-0.4, -0.2) is 52.8 Å². The Hall–Kier alpha value is -2.22. The molecule has 1 aromatic heterocycles. The molecule has 2 aliphatic rings. The van der Waals surface area contributed by atoms with Gasteiger partial charge in [0.2, 0.25) is 11.8 Å². The summed E-state index contributed by atoms with van der Waals surface area (Å²) in [7, 11) is 0. The number of aromatic nitrogens is 1. The van der Waals surface area contributed by atoms with Gasteiger partial charge in [0.25, 0.3) is 5.91 Å². The second-order valence-electron chi connectivity index (χ2n) is 5.36. The van der Waals surface area contributed by atoms with Gasteiger partial charge in [-0.1, -0.05) is 11.6 Å². The van der Waals surface area contributed by atoms with E-state index < -0.39 is 23.2 Å². The van der Waals surface area contributed by atoms with Gasteiger partial charge in [0.1, 0.15) is 6.54 Å². The fourth-order valence-electron chi connectivity index (χ4n) is 2.65. The van der Waals surface area contributed by atoms with Crippen molar-refractivity contribution >= 4 is 35.1 Å². The molecule has 0 aliphatic carbocycles. The van der Waals surface area contributed by atoms with E-state index in [1.807, 2.05) is 0 Å². The molecule has 116 valence electrons. The van der Waals surface area contributed by atoms with Crippen molar-refractivity contribution in [1.29, 1.82) is 0 Å². The van der Waals surface area contributed by atoms with Crippen molar-refractivity contribution in [2.45, 2.75) is 12.5 Å². The number of carbonyl (C=O) groups excluding carboxylic acids is 3. The number of amides is 3. The molecule has 3 amide bonds. The Labute approximate surface area is 130 Å². The first kappa shape index (κ1) is 14.7. The van der Waals surface area contributed by atoms with Gasteiger partial charge in [-0.2, -0.15) is 0 Å². The summed E-state index contributed by atoms with van der Waals surface area (Å²) in [5.74, 6) is -2.14. The van der Waals surface area contributed by atoms with E-state index in [0.29, 0.717) is 0 Å². The van der Waals surface area contributed by atoms with Crippen LogP contribution in [0, 0.1) is 5.82 Å². The van der Waals surface area contributed by atoms with Gasteiger partial charge >= 0.3 is 0 Å². The van der Waals surface area contributed by atoms with Gasteiger partial charge in [0, 0.05) is 13.1 Å². The predicted molar refractivity (Wildman–Crippen MR) is 74.7 cm³/mol. The highest BCUT2D eigenvalue weighted by molar-refractivity contribution is 6.30. The normalized spacial score (nSPS) is 20.0. The number of hydrogen-bond donors (Lipinski definition) is 1. The summed E-state index contributed by atoms with van der Waals surface area (Å²) < 4.78 is 14.0. The minimum Gasteiger partial charge on any atom is -0.337 e. The third-order valence-electron chi connectivity index (χ3n) is 3.75. The molecule has 0 radical (unpaired) electrons. The number of hydrogen-bond acceptors (Lipinski definition) is 4. The minimum atomic E-state index is -1.20. The molecule has 3 rings (SSSR count). The predicted octanol–water partition coefficient (Wildman–Crippen LogP) is -0.0622. The van der Waals surface area contributed by atoms with Crippen LogP contribution in [0.4, 0.5) is 10.2 Å². The van der Waals surface area contributed by atoms with Crippen LogP contribution in [0.15, 0.2) is 12.3 Å². The molecular weight excluding hydrogens is 315 g/mol. The Balaban J connectivity index is 1.91. The fraction of sp³-hybridized carbons (Fsp3) is 0.385. The standard InChI is InChI=1S/C13H12ClFN4O3/c1-7(20)18-5-13(6-18)12(22)19(4-10(21)17-13)11-9(15)2-8(14)3-16-11/h2-3H,4-6H2,1H3,(H,17,21). The highest BCUT2D eigenvalue weighted by Gasteiger charge is 2.56. The molecule has 1 aromatic rings. The highest BCUT2D eigenvalue weighted by Crippen LogP contribution is 2.30. The van der Waals surface area contributed by atoms with E-state index in [1.165, 1.54) is 18.0 Å². The van der Waals surface area contributed by atoms with Gasteiger partial charge in [-0.05, 0) is 6.07 Å². The zero-order chi connectivity index (χ0) is 16.1. The Kier molecular flexibility index (Phi) is 3.28. The number of nitrogens with one attached hydrogen (secondary N) is 1. The van der Waals surface area contributed by atoms with Gasteiger partial charge in [0.15, 0.2) is 17.2 Å². The average Bonchev–Trinajstić information content (AvgIpc) is 2.38. The molecule has 0 saturated carbocycles. The van der Waals surface area contributed by atoms with E-state index in [0.717, 1.165) is 11.0 Å². The maximum atomic E-state index is 14.0. The molecule has 2 saturated heterocycles. The smallest absolute Gasteiger partial charge is 0.258 e. The van der Waals surface area contributed by atoms with Crippen LogP contribution < -0.4 is 10.2 Å². The van der Waals surface area contributed by atoms with Crippen LogP contribution >= 0.6 is 11.6 Å². The molecule has 1 spiro atoms. The van der Waals surface area contributed by atoms with E-state index in [-0.39, 0.29) is 36.4 Å². The van der Waals surface area contributed by atoms with Crippen LogP contribution in [0.3, 0.4) is 0 Å². The number of piperazine rings is 1. The van der Waals surface area contributed by atoms with Crippen molar-refractivity contribution in [1.82, 2.24) is 15.2 Å². The fourth-order valence-corrected chi connectivity index (χ4v) is 2.80. The molecule has 0 atom stereocenters. The Morgan fingerprint density at radius 2 is 2.14 bits per heavy atom. The third kappa shape index (κ3) is 2.19. The number of pyridine rings is 1. The molecular formula is C13H12ClFN4O3. The van der Waals surface area contributed by atoms with Gasteiger partial charge in [-0.15, -0.1) is 0 Å². The van der Waals surface area contributed by atoms with E-state index >= 15 is 0 Å².